The Balaban J connectivity index is 2.30. The van der Waals surface area contributed by atoms with Crippen LogP contribution in [0.25, 0.3) is 0 Å². The second-order valence-electron chi connectivity index (χ2n) is 3.91. The van der Waals surface area contributed by atoms with Gasteiger partial charge < -0.3 is 0 Å². The molecule has 0 aromatic rings. The van der Waals surface area contributed by atoms with E-state index in [1.807, 2.05) is 0 Å². The molecule has 0 amide bonds. The zero-order valence-electron chi connectivity index (χ0n) is 8.45. The van der Waals surface area contributed by atoms with E-state index < -0.39 is 0 Å². The van der Waals surface area contributed by atoms with Crippen LogP contribution in [-0.4, -0.2) is 47.8 Å². The Morgan fingerprint density at radius 2 is 1.33 bits per heavy atom. The molecule has 3 heteroatoms. The van der Waals surface area contributed by atoms with E-state index in [0.29, 0.717) is 11.8 Å². The normalized spacial score (nSPS) is 24.8. The highest BCUT2D eigenvalue weighted by molar-refractivity contribution is 7.17. The molecule has 0 bridgehead atoms. The van der Waals surface area contributed by atoms with Crippen molar-refractivity contribution in [1.82, 2.24) is 9.80 Å². The van der Waals surface area contributed by atoms with E-state index in [4.69, 9.17) is 0 Å². The fourth-order valence-corrected chi connectivity index (χ4v) is 1.96. The summed E-state index contributed by atoms with van der Waals surface area (Å²) < 4.78 is 0. The highest BCUT2D eigenvalue weighted by atomic mass is 31.0. The number of piperazine rings is 1. The molecule has 1 saturated heterocycles. The van der Waals surface area contributed by atoms with E-state index in [2.05, 4.69) is 39.8 Å². The quantitative estimate of drug-likeness (QED) is 0.601. The van der Waals surface area contributed by atoms with Gasteiger partial charge >= 0.3 is 0 Å². The molecule has 1 heterocycles. The van der Waals surface area contributed by atoms with E-state index in [9.17, 15) is 0 Å². The molecule has 2 atom stereocenters. The first-order valence-corrected chi connectivity index (χ1v) is 5.51. The van der Waals surface area contributed by atoms with E-state index in [0.717, 1.165) is 0 Å². The zero-order chi connectivity index (χ0) is 9.14. The maximum absolute atomic E-state index is 2.87. The topological polar surface area (TPSA) is 6.48 Å². The van der Waals surface area contributed by atoms with Gasteiger partial charge in [-0.25, -0.2) is 0 Å². The molecule has 0 aromatic heterocycles. The monoisotopic (exact) mass is 188 g/mol. The largest absolute Gasteiger partial charge is 0.298 e. The van der Waals surface area contributed by atoms with Crippen LogP contribution in [0.1, 0.15) is 20.8 Å². The van der Waals surface area contributed by atoms with Gasteiger partial charge in [0.15, 0.2) is 0 Å². The second-order valence-corrected chi connectivity index (χ2v) is 4.87. The average molecular weight is 188 g/mol. The van der Waals surface area contributed by atoms with E-state index in [1.54, 1.807) is 0 Å². The third kappa shape index (κ3) is 2.69. The molecule has 0 aliphatic carbocycles. The lowest BCUT2D eigenvalue weighted by molar-refractivity contribution is 0.105. The fraction of sp³-hybridized carbons (Fsp3) is 1.00. The summed E-state index contributed by atoms with van der Waals surface area (Å²) in [5, 5.41) is 0. The standard InChI is InChI=1S/C9H21N2P/c1-8(2)10-4-6-11(7-5-10)9(3)12/h8-9H,4-7,12H2,1-3H3. The van der Waals surface area contributed by atoms with Crippen LogP contribution < -0.4 is 0 Å². The van der Waals surface area contributed by atoms with Crippen molar-refractivity contribution in [3.8, 4) is 0 Å². The van der Waals surface area contributed by atoms with Crippen LogP contribution in [-0.2, 0) is 0 Å². The molecule has 0 aromatic carbocycles. The van der Waals surface area contributed by atoms with E-state index in [-0.39, 0.29) is 0 Å². The second kappa shape index (κ2) is 4.55. The van der Waals surface area contributed by atoms with Gasteiger partial charge in [-0.1, -0.05) is 0 Å². The molecule has 1 aliphatic heterocycles. The number of hydrogen-bond donors (Lipinski definition) is 0. The van der Waals surface area contributed by atoms with Gasteiger partial charge in [-0.15, -0.1) is 9.24 Å². The molecule has 0 radical (unpaired) electrons. The van der Waals surface area contributed by atoms with Crippen LogP contribution in [0, 0.1) is 0 Å². The Morgan fingerprint density at radius 3 is 1.67 bits per heavy atom. The Hall–Kier alpha value is 0.350. The van der Waals surface area contributed by atoms with Crippen molar-refractivity contribution < 1.29 is 0 Å². The summed E-state index contributed by atoms with van der Waals surface area (Å²) in [5.41, 5.74) is 0. The summed E-state index contributed by atoms with van der Waals surface area (Å²) in [5.74, 6) is 0.638. The van der Waals surface area contributed by atoms with Crippen LogP contribution >= 0.6 is 9.24 Å². The zero-order valence-corrected chi connectivity index (χ0v) is 9.61. The van der Waals surface area contributed by atoms with Gasteiger partial charge in [0.1, 0.15) is 0 Å². The first kappa shape index (κ1) is 10.4. The minimum atomic E-state index is 0.638. The molecule has 2 unspecified atom stereocenters. The maximum atomic E-state index is 2.87. The van der Waals surface area contributed by atoms with Crippen molar-refractivity contribution in [2.75, 3.05) is 26.2 Å². The third-order valence-corrected chi connectivity index (χ3v) is 3.08. The van der Waals surface area contributed by atoms with Crippen LogP contribution in [0.5, 0.6) is 0 Å². The first-order chi connectivity index (χ1) is 5.61. The summed E-state index contributed by atoms with van der Waals surface area (Å²) >= 11 is 0. The molecule has 72 valence electrons. The molecule has 1 rings (SSSR count). The molecular formula is C9H21N2P. The van der Waals surface area contributed by atoms with Gasteiger partial charge in [0.2, 0.25) is 0 Å². The molecule has 0 saturated carbocycles. The van der Waals surface area contributed by atoms with Gasteiger partial charge in [-0.05, 0) is 20.8 Å². The minimum absolute atomic E-state index is 0.638. The summed E-state index contributed by atoms with van der Waals surface area (Å²) in [7, 11) is 2.87. The average Bonchev–Trinajstić information content (AvgIpc) is 2.04. The lowest BCUT2D eigenvalue weighted by Crippen LogP contribution is -2.50. The van der Waals surface area contributed by atoms with Crippen molar-refractivity contribution in [2.24, 2.45) is 0 Å². The third-order valence-electron chi connectivity index (χ3n) is 2.66. The number of nitrogens with zero attached hydrogens (tertiary/aromatic N) is 2. The van der Waals surface area contributed by atoms with Crippen molar-refractivity contribution in [1.29, 1.82) is 0 Å². The fourth-order valence-electron chi connectivity index (χ4n) is 1.66. The van der Waals surface area contributed by atoms with Gasteiger partial charge in [-0.2, -0.15) is 0 Å². The first-order valence-electron chi connectivity index (χ1n) is 4.85. The molecule has 1 fully saturated rings. The lowest BCUT2D eigenvalue weighted by atomic mass is 10.2. The van der Waals surface area contributed by atoms with Crippen molar-refractivity contribution >= 4 is 9.24 Å². The molecule has 0 spiro atoms. The number of rotatable bonds is 2. The summed E-state index contributed by atoms with van der Waals surface area (Å²) in [6.45, 7) is 11.7. The smallest absolute Gasteiger partial charge is 0.0212 e. The highest BCUT2D eigenvalue weighted by Gasteiger charge is 2.19. The van der Waals surface area contributed by atoms with Crippen molar-refractivity contribution in [3.05, 3.63) is 0 Å². The number of hydrogen-bond acceptors (Lipinski definition) is 2. The molecule has 2 nitrogen and oxygen atoms in total. The van der Waals surface area contributed by atoms with Gasteiger partial charge in [-0.3, -0.25) is 9.80 Å². The van der Waals surface area contributed by atoms with Crippen molar-refractivity contribution in [2.45, 2.75) is 32.6 Å². The van der Waals surface area contributed by atoms with Crippen molar-refractivity contribution in [3.63, 3.8) is 0 Å². The predicted molar refractivity (Wildman–Crippen MR) is 57.5 cm³/mol. The maximum Gasteiger partial charge on any atom is 0.0212 e. The molecule has 12 heavy (non-hydrogen) atoms. The molecule has 0 N–H and O–H groups in total. The molecule has 1 aliphatic rings. The van der Waals surface area contributed by atoms with Gasteiger partial charge in [0.25, 0.3) is 0 Å². The van der Waals surface area contributed by atoms with E-state index in [1.165, 1.54) is 26.2 Å². The lowest BCUT2D eigenvalue weighted by Gasteiger charge is -2.38. The Kier molecular flexibility index (Phi) is 3.95. The summed E-state index contributed by atoms with van der Waals surface area (Å²) in [6, 6.07) is 0.715. The summed E-state index contributed by atoms with van der Waals surface area (Å²) in [4.78, 5) is 5.06. The van der Waals surface area contributed by atoms with Crippen LogP contribution in [0.2, 0.25) is 0 Å². The minimum Gasteiger partial charge on any atom is -0.298 e. The van der Waals surface area contributed by atoms with Crippen LogP contribution in [0.4, 0.5) is 0 Å². The Bertz CT molecular complexity index is 112. The van der Waals surface area contributed by atoms with Crippen LogP contribution in [0.3, 0.4) is 0 Å². The van der Waals surface area contributed by atoms with E-state index >= 15 is 0 Å². The van der Waals surface area contributed by atoms with Crippen LogP contribution in [0.15, 0.2) is 0 Å². The summed E-state index contributed by atoms with van der Waals surface area (Å²) in [6.07, 6.45) is 0. The highest BCUT2D eigenvalue weighted by Crippen LogP contribution is 2.11. The van der Waals surface area contributed by atoms with Gasteiger partial charge in [0, 0.05) is 38.0 Å². The predicted octanol–water partition coefficient (Wildman–Crippen LogP) is 1.23. The Morgan fingerprint density at radius 1 is 0.917 bits per heavy atom. The molecular weight excluding hydrogens is 167 g/mol. The SMILES string of the molecule is CC(C)N1CCN(C(C)P)CC1. The Labute approximate surface area is 78.5 Å². The van der Waals surface area contributed by atoms with Gasteiger partial charge in [0.05, 0.1) is 0 Å².